The van der Waals surface area contributed by atoms with Gasteiger partial charge in [0, 0.05) is 17.8 Å². The maximum absolute atomic E-state index is 6.13. The minimum absolute atomic E-state index is 0.564. The Morgan fingerprint density at radius 3 is 2.82 bits per heavy atom. The molecule has 0 bridgehead atoms. The van der Waals surface area contributed by atoms with Crippen molar-refractivity contribution < 1.29 is 9.47 Å². The molecule has 0 aliphatic carbocycles. The lowest BCUT2D eigenvalue weighted by Crippen LogP contribution is -2.31. The molecular formula is C17H15N3O2. The smallest absolute Gasteiger partial charge is 0.178 e. The summed E-state index contributed by atoms with van der Waals surface area (Å²) in [5, 5.41) is 0. The van der Waals surface area contributed by atoms with Crippen LogP contribution < -0.4 is 9.47 Å². The highest BCUT2D eigenvalue weighted by molar-refractivity contribution is 5.79. The Balaban J connectivity index is 2.04. The van der Waals surface area contributed by atoms with Gasteiger partial charge in [0.15, 0.2) is 5.65 Å². The standard InChI is InChI=1S/C17H15N3O2/c1-17(2)15-14(20-16-12(19-15)5-4-8-18-16)11-7-6-10(21-3)9-13(11)22-17/h4-9H,1-3H3. The fourth-order valence-electron chi connectivity index (χ4n) is 2.73. The van der Waals surface area contributed by atoms with Crippen molar-refractivity contribution in [1.29, 1.82) is 0 Å². The van der Waals surface area contributed by atoms with Crippen LogP contribution in [0.2, 0.25) is 0 Å². The molecule has 22 heavy (non-hydrogen) atoms. The van der Waals surface area contributed by atoms with Crippen LogP contribution in [-0.2, 0) is 5.60 Å². The van der Waals surface area contributed by atoms with Crippen molar-refractivity contribution in [3.63, 3.8) is 0 Å². The van der Waals surface area contributed by atoms with Gasteiger partial charge in [-0.2, -0.15) is 0 Å². The second-order valence-electron chi connectivity index (χ2n) is 5.74. The van der Waals surface area contributed by atoms with Gasteiger partial charge in [0.2, 0.25) is 0 Å². The van der Waals surface area contributed by atoms with Crippen LogP contribution >= 0.6 is 0 Å². The zero-order valence-electron chi connectivity index (χ0n) is 12.6. The summed E-state index contributed by atoms with van der Waals surface area (Å²) in [5.74, 6) is 1.51. The fraction of sp³-hybridized carbons (Fsp3) is 0.235. The van der Waals surface area contributed by atoms with E-state index in [0.29, 0.717) is 5.65 Å². The lowest BCUT2D eigenvalue weighted by Gasteiger charge is -2.33. The predicted molar refractivity (Wildman–Crippen MR) is 83.0 cm³/mol. The number of ether oxygens (including phenoxy) is 2. The summed E-state index contributed by atoms with van der Waals surface area (Å²) in [6, 6.07) is 9.50. The van der Waals surface area contributed by atoms with Crippen molar-refractivity contribution in [3.8, 4) is 22.8 Å². The summed E-state index contributed by atoms with van der Waals surface area (Å²) in [6.07, 6.45) is 1.73. The molecule has 1 aliphatic rings. The first-order valence-electron chi connectivity index (χ1n) is 7.09. The van der Waals surface area contributed by atoms with Crippen LogP contribution in [0.1, 0.15) is 19.5 Å². The van der Waals surface area contributed by atoms with E-state index in [4.69, 9.17) is 19.4 Å². The summed E-state index contributed by atoms with van der Waals surface area (Å²) in [6.45, 7) is 3.98. The van der Waals surface area contributed by atoms with Gasteiger partial charge in [0.05, 0.1) is 7.11 Å². The van der Waals surface area contributed by atoms with Crippen molar-refractivity contribution in [2.75, 3.05) is 7.11 Å². The van der Waals surface area contributed by atoms with Gasteiger partial charge in [-0.3, -0.25) is 0 Å². The third-order valence-corrected chi connectivity index (χ3v) is 3.82. The van der Waals surface area contributed by atoms with Crippen LogP contribution in [0.25, 0.3) is 22.4 Å². The quantitative estimate of drug-likeness (QED) is 0.689. The number of aromatic nitrogens is 3. The molecule has 5 heteroatoms. The van der Waals surface area contributed by atoms with E-state index in [1.165, 1.54) is 0 Å². The molecule has 0 amide bonds. The van der Waals surface area contributed by atoms with Gasteiger partial charge >= 0.3 is 0 Å². The van der Waals surface area contributed by atoms with Gasteiger partial charge in [-0.05, 0) is 38.1 Å². The van der Waals surface area contributed by atoms with Gasteiger partial charge in [-0.15, -0.1) is 0 Å². The molecule has 0 radical (unpaired) electrons. The molecule has 0 saturated carbocycles. The lowest BCUT2D eigenvalue weighted by atomic mass is 9.94. The van der Waals surface area contributed by atoms with Crippen LogP contribution in [0.4, 0.5) is 0 Å². The Kier molecular flexibility index (Phi) is 2.60. The highest BCUT2D eigenvalue weighted by Gasteiger charge is 2.36. The highest BCUT2D eigenvalue weighted by atomic mass is 16.5. The van der Waals surface area contributed by atoms with E-state index < -0.39 is 5.60 Å². The normalized spacial score (nSPS) is 14.9. The van der Waals surface area contributed by atoms with Gasteiger partial charge < -0.3 is 9.47 Å². The lowest BCUT2D eigenvalue weighted by molar-refractivity contribution is 0.1000. The molecule has 2 aromatic heterocycles. The average molecular weight is 293 g/mol. The molecule has 1 aromatic carbocycles. The summed E-state index contributed by atoms with van der Waals surface area (Å²) < 4.78 is 11.4. The second-order valence-corrected chi connectivity index (χ2v) is 5.74. The largest absolute Gasteiger partial charge is 0.497 e. The molecule has 0 unspecified atom stereocenters. The fourth-order valence-corrected chi connectivity index (χ4v) is 2.73. The number of hydrogen-bond donors (Lipinski definition) is 0. The maximum atomic E-state index is 6.13. The van der Waals surface area contributed by atoms with Crippen LogP contribution in [0.3, 0.4) is 0 Å². The minimum Gasteiger partial charge on any atom is -0.497 e. The molecule has 4 rings (SSSR count). The number of pyridine rings is 1. The molecule has 110 valence electrons. The van der Waals surface area contributed by atoms with Crippen LogP contribution in [-0.4, -0.2) is 22.1 Å². The van der Waals surface area contributed by atoms with Crippen molar-refractivity contribution in [2.45, 2.75) is 19.4 Å². The number of hydrogen-bond acceptors (Lipinski definition) is 5. The topological polar surface area (TPSA) is 57.1 Å². The molecule has 0 saturated heterocycles. The molecule has 1 aliphatic heterocycles. The Morgan fingerprint density at radius 1 is 1.14 bits per heavy atom. The summed E-state index contributed by atoms with van der Waals surface area (Å²) >= 11 is 0. The Morgan fingerprint density at radius 2 is 2.00 bits per heavy atom. The van der Waals surface area contributed by atoms with E-state index in [1.807, 2.05) is 44.2 Å². The second kappa shape index (κ2) is 4.40. The molecule has 0 N–H and O–H groups in total. The van der Waals surface area contributed by atoms with Crippen LogP contribution in [0.15, 0.2) is 36.5 Å². The summed E-state index contributed by atoms with van der Waals surface area (Å²) in [7, 11) is 1.64. The third-order valence-electron chi connectivity index (χ3n) is 3.82. The van der Waals surface area contributed by atoms with Crippen molar-refractivity contribution in [2.24, 2.45) is 0 Å². The van der Waals surface area contributed by atoms with Crippen LogP contribution in [0, 0.1) is 0 Å². The van der Waals surface area contributed by atoms with Gasteiger partial charge in [0.1, 0.15) is 34.0 Å². The number of nitrogens with zero attached hydrogens (tertiary/aromatic N) is 3. The maximum Gasteiger partial charge on any atom is 0.178 e. The van der Waals surface area contributed by atoms with E-state index in [1.54, 1.807) is 13.3 Å². The monoisotopic (exact) mass is 293 g/mol. The number of methoxy groups -OCH3 is 1. The number of benzene rings is 1. The summed E-state index contributed by atoms with van der Waals surface area (Å²) in [5.41, 5.74) is 3.41. The zero-order chi connectivity index (χ0) is 15.3. The minimum atomic E-state index is -0.564. The molecule has 3 heterocycles. The SMILES string of the molecule is COc1ccc2c(c1)OC(C)(C)c1nc3cccnc3nc1-2. The van der Waals surface area contributed by atoms with E-state index in [0.717, 1.165) is 34.0 Å². The Labute approximate surface area is 128 Å². The molecule has 0 atom stereocenters. The average Bonchev–Trinajstić information content (AvgIpc) is 2.52. The van der Waals surface area contributed by atoms with E-state index >= 15 is 0 Å². The summed E-state index contributed by atoms with van der Waals surface area (Å²) in [4.78, 5) is 13.7. The number of fused-ring (bicyclic) bond motifs is 4. The predicted octanol–water partition coefficient (Wildman–Crippen LogP) is 3.33. The van der Waals surface area contributed by atoms with E-state index in [9.17, 15) is 0 Å². The molecule has 3 aromatic rings. The molecular weight excluding hydrogens is 278 g/mol. The first-order valence-corrected chi connectivity index (χ1v) is 7.09. The number of rotatable bonds is 1. The van der Waals surface area contributed by atoms with E-state index in [-0.39, 0.29) is 0 Å². The van der Waals surface area contributed by atoms with Gasteiger partial charge in [-0.25, -0.2) is 15.0 Å². The molecule has 5 nitrogen and oxygen atoms in total. The first kappa shape index (κ1) is 13.0. The van der Waals surface area contributed by atoms with Crippen molar-refractivity contribution in [1.82, 2.24) is 15.0 Å². The van der Waals surface area contributed by atoms with Crippen molar-refractivity contribution in [3.05, 3.63) is 42.2 Å². The Bertz CT molecular complexity index is 890. The molecule has 0 fully saturated rings. The van der Waals surface area contributed by atoms with E-state index in [2.05, 4.69) is 4.98 Å². The van der Waals surface area contributed by atoms with Gasteiger partial charge in [-0.1, -0.05) is 0 Å². The van der Waals surface area contributed by atoms with Gasteiger partial charge in [0.25, 0.3) is 0 Å². The highest BCUT2D eigenvalue weighted by Crippen LogP contribution is 2.44. The first-order chi connectivity index (χ1) is 10.6. The van der Waals surface area contributed by atoms with Crippen molar-refractivity contribution >= 4 is 11.2 Å². The zero-order valence-corrected chi connectivity index (χ0v) is 12.6. The molecule has 0 spiro atoms. The Hall–Kier alpha value is -2.69. The third kappa shape index (κ3) is 1.82. The van der Waals surface area contributed by atoms with Crippen LogP contribution in [0.5, 0.6) is 11.5 Å².